The van der Waals surface area contributed by atoms with E-state index >= 15 is 0 Å². The normalized spacial score (nSPS) is 12.8. The molecule has 0 saturated carbocycles. The molecular formula is C19H21ClN4O3. The summed E-state index contributed by atoms with van der Waals surface area (Å²) in [6, 6.07) is 13.0. The van der Waals surface area contributed by atoms with Crippen molar-refractivity contribution in [1.29, 1.82) is 0 Å². The molecule has 0 atom stereocenters. The van der Waals surface area contributed by atoms with Gasteiger partial charge in [0.1, 0.15) is 11.5 Å². The van der Waals surface area contributed by atoms with Gasteiger partial charge >= 0.3 is 0 Å². The van der Waals surface area contributed by atoms with Crippen LogP contribution in [0.4, 0.5) is 0 Å². The third-order valence-electron chi connectivity index (χ3n) is 4.35. The van der Waals surface area contributed by atoms with Crippen molar-refractivity contribution in [3.63, 3.8) is 0 Å². The van der Waals surface area contributed by atoms with Gasteiger partial charge in [-0.3, -0.25) is 9.48 Å². The summed E-state index contributed by atoms with van der Waals surface area (Å²) in [5.41, 5.74) is 2.87. The number of nitrogens with zero attached hydrogens (tertiary/aromatic N) is 2. The molecule has 27 heavy (non-hydrogen) atoms. The quantitative estimate of drug-likeness (QED) is 0.702. The predicted octanol–water partition coefficient (Wildman–Crippen LogP) is 2.61. The molecule has 2 aromatic heterocycles. The first-order chi connectivity index (χ1) is 12.7. The van der Waals surface area contributed by atoms with Crippen molar-refractivity contribution in [2.75, 3.05) is 13.7 Å². The van der Waals surface area contributed by atoms with E-state index < -0.39 is 0 Å². The summed E-state index contributed by atoms with van der Waals surface area (Å²) in [5, 5.41) is 10.7. The van der Waals surface area contributed by atoms with Gasteiger partial charge in [0.25, 0.3) is 5.91 Å². The minimum absolute atomic E-state index is 0. The van der Waals surface area contributed by atoms with Gasteiger partial charge in [-0.15, -0.1) is 12.4 Å². The Morgan fingerprint density at radius 2 is 2.11 bits per heavy atom. The van der Waals surface area contributed by atoms with E-state index in [-0.39, 0.29) is 24.1 Å². The molecule has 142 valence electrons. The number of aromatic nitrogens is 2. The lowest BCUT2D eigenvalue weighted by atomic mass is 10.2. The molecule has 0 unspecified atom stereocenters. The number of ether oxygens (including phenoxy) is 1. The van der Waals surface area contributed by atoms with Gasteiger partial charge in [-0.05, 0) is 42.5 Å². The number of carbonyl (C=O) groups is 1. The molecule has 1 aromatic carbocycles. The standard InChI is InChI=1S/C19H20N4O3.ClH/c1-25-16-4-2-13(3-5-16)17-6-7-18(26-17)19(24)21-11-14-10-15-12-20-8-9-23(15)22-14;/h2-7,10,20H,8-9,11-12H2,1H3,(H,21,24);1H. The second-order valence-electron chi connectivity index (χ2n) is 6.10. The van der Waals surface area contributed by atoms with E-state index in [9.17, 15) is 4.79 Å². The molecule has 0 bridgehead atoms. The molecule has 8 heteroatoms. The summed E-state index contributed by atoms with van der Waals surface area (Å²) in [6.45, 7) is 2.95. The van der Waals surface area contributed by atoms with Crippen LogP contribution in [0.1, 0.15) is 21.9 Å². The highest BCUT2D eigenvalue weighted by Gasteiger charge is 2.15. The Hall–Kier alpha value is -2.77. The van der Waals surface area contributed by atoms with Gasteiger partial charge < -0.3 is 19.8 Å². The fourth-order valence-electron chi connectivity index (χ4n) is 2.97. The smallest absolute Gasteiger partial charge is 0.287 e. The van der Waals surface area contributed by atoms with Crippen LogP contribution in [-0.2, 0) is 19.6 Å². The van der Waals surface area contributed by atoms with Crippen molar-refractivity contribution in [1.82, 2.24) is 20.4 Å². The van der Waals surface area contributed by atoms with E-state index in [1.165, 1.54) is 0 Å². The molecule has 0 spiro atoms. The minimum atomic E-state index is -0.256. The number of hydrogen-bond donors (Lipinski definition) is 2. The Kier molecular flexibility index (Phi) is 5.83. The van der Waals surface area contributed by atoms with E-state index in [2.05, 4.69) is 15.7 Å². The minimum Gasteiger partial charge on any atom is -0.497 e. The molecule has 3 heterocycles. The third-order valence-corrected chi connectivity index (χ3v) is 4.35. The molecule has 3 aromatic rings. The molecule has 0 aliphatic carbocycles. The number of benzene rings is 1. The molecule has 7 nitrogen and oxygen atoms in total. The fourth-order valence-corrected chi connectivity index (χ4v) is 2.97. The maximum atomic E-state index is 12.3. The van der Waals surface area contributed by atoms with Gasteiger partial charge in [-0.25, -0.2) is 0 Å². The average molecular weight is 389 g/mol. The largest absolute Gasteiger partial charge is 0.497 e. The molecular weight excluding hydrogens is 368 g/mol. The number of fused-ring (bicyclic) bond motifs is 1. The van der Waals surface area contributed by atoms with Crippen molar-refractivity contribution in [3.8, 4) is 17.1 Å². The van der Waals surface area contributed by atoms with Crippen molar-refractivity contribution in [2.45, 2.75) is 19.6 Å². The van der Waals surface area contributed by atoms with Gasteiger partial charge in [-0.2, -0.15) is 5.10 Å². The lowest BCUT2D eigenvalue weighted by Gasteiger charge is -2.13. The predicted molar refractivity (Wildman–Crippen MR) is 103 cm³/mol. The van der Waals surface area contributed by atoms with Crippen molar-refractivity contribution in [3.05, 3.63) is 59.6 Å². The zero-order chi connectivity index (χ0) is 17.9. The first-order valence-electron chi connectivity index (χ1n) is 8.52. The van der Waals surface area contributed by atoms with E-state index in [0.29, 0.717) is 12.3 Å². The number of methoxy groups -OCH3 is 1. The van der Waals surface area contributed by atoms with Crippen LogP contribution in [0.3, 0.4) is 0 Å². The van der Waals surface area contributed by atoms with Gasteiger partial charge in [0.2, 0.25) is 0 Å². The maximum Gasteiger partial charge on any atom is 0.287 e. The van der Waals surface area contributed by atoms with E-state index in [1.54, 1.807) is 19.2 Å². The first kappa shape index (κ1) is 19.0. The zero-order valence-corrected chi connectivity index (χ0v) is 15.7. The molecule has 1 aliphatic rings. The topological polar surface area (TPSA) is 81.3 Å². The third kappa shape index (κ3) is 4.15. The second-order valence-corrected chi connectivity index (χ2v) is 6.10. The Morgan fingerprint density at radius 3 is 2.85 bits per heavy atom. The van der Waals surface area contributed by atoms with Crippen LogP contribution in [-0.4, -0.2) is 29.3 Å². The van der Waals surface area contributed by atoms with Crippen LogP contribution in [0.2, 0.25) is 0 Å². The molecule has 1 aliphatic heterocycles. The summed E-state index contributed by atoms with van der Waals surface area (Å²) in [7, 11) is 1.62. The Labute approximate surface area is 163 Å². The number of hydrogen-bond acceptors (Lipinski definition) is 5. The highest BCUT2D eigenvalue weighted by molar-refractivity contribution is 5.92. The lowest BCUT2D eigenvalue weighted by Crippen LogP contribution is -2.28. The Bertz CT molecular complexity index is 894. The van der Waals surface area contributed by atoms with Crippen molar-refractivity contribution < 1.29 is 13.9 Å². The monoisotopic (exact) mass is 388 g/mol. The van der Waals surface area contributed by atoms with Gasteiger partial charge in [0, 0.05) is 18.7 Å². The van der Waals surface area contributed by atoms with Crippen LogP contribution in [0, 0.1) is 0 Å². The summed E-state index contributed by atoms with van der Waals surface area (Å²) in [4.78, 5) is 12.3. The zero-order valence-electron chi connectivity index (χ0n) is 14.9. The van der Waals surface area contributed by atoms with Crippen molar-refractivity contribution in [2.24, 2.45) is 0 Å². The summed E-state index contributed by atoms with van der Waals surface area (Å²) in [6.07, 6.45) is 0. The summed E-state index contributed by atoms with van der Waals surface area (Å²) >= 11 is 0. The van der Waals surface area contributed by atoms with Crippen LogP contribution < -0.4 is 15.4 Å². The summed E-state index contributed by atoms with van der Waals surface area (Å²) in [5.74, 6) is 1.44. The number of rotatable bonds is 5. The fraction of sp³-hybridized carbons (Fsp3) is 0.263. The molecule has 0 saturated heterocycles. The van der Waals surface area contributed by atoms with E-state index in [0.717, 1.165) is 42.3 Å². The number of amides is 1. The Morgan fingerprint density at radius 1 is 1.30 bits per heavy atom. The highest BCUT2D eigenvalue weighted by Crippen LogP contribution is 2.24. The van der Waals surface area contributed by atoms with E-state index in [1.807, 2.05) is 35.0 Å². The van der Waals surface area contributed by atoms with Gasteiger partial charge in [0.05, 0.1) is 31.6 Å². The number of halogens is 1. The second kappa shape index (κ2) is 8.28. The molecule has 1 amide bonds. The number of furan rings is 1. The molecule has 0 fully saturated rings. The van der Waals surface area contributed by atoms with Crippen LogP contribution in [0.5, 0.6) is 5.75 Å². The summed E-state index contributed by atoms with van der Waals surface area (Å²) < 4.78 is 12.8. The number of carbonyl (C=O) groups excluding carboxylic acids is 1. The molecule has 2 N–H and O–H groups in total. The molecule has 4 rings (SSSR count). The highest BCUT2D eigenvalue weighted by atomic mass is 35.5. The van der Waals surface area contributed by atoms with Crippen LogP contribution >= 0.6 is 12.4 Å². The average Bonchev–Trinajstić information content (AvgIpc) is 3.33. The maximum absolute atomic E-state index is 12.3. The van der Waals surface area contributed by atoms with E-state index in [4.69, 9.17) is 9.15 Å². The van der Waals surface area contributed by atoms with Crippen LogP contribution in [0.15, 0.2) is 46.9 Å². The Balaban J connectivity index is 0.00000210. The van der Waals surface area contributed by atoms with Gasteiger partial charge in [0.15, 0.2) is 5.76 Å². The SMILES string of the molecule is COc1ccc(-c2ccc(C(=O)NCc3cc4n(n3)CCNC4)o2)cc1.Cl. The lowest BCUT2D eigenvalue weighted by molar-refractivity contribution is 0.0923. The van der Waals surface area contributed by atoms with Crippen LogP contribution in [0.25, 0.3) is 11.3 Å². The van der Waals surface area contributed by atoms with Crippen molar-refractivity contribution >= 4 is 18.3 Å². The number of nitrogens with one attached hydrogen (secondary N) is 2. The van der Waals surface area contributed by atoms with Gasteiger partial charge in [-0.1, -0.05) is 0 Å². The first-order valence-corrected chi connectivity index (χ1v) is 8.52. The molecule has 0 radical (unpaired) electrons.